The Hall–Kier alpha value is -1.91. The molecule has 0 aliphatic carbocycles. The van der Waals surface area contributed by atoms with Crippen LogP contribution in [0.2, 0.25) is 0 Å². The van der Waals surface area contributed by atoms with Gasteiger partial charge in [0.15, 0.2) is 0 Å². The molecular weight excluding hydrogens is 222 g/mol. The highest BCUT2D eigenvalue weighted by Crippen LogP contribution is 2.36. The number of cyclic esters (lactones) is 1. The number of hydrogen-bond acceptors (Lipinski definition) is 4. The van der Waals surface area contributed by atoms with Crippen LogP contribution in [0.15, 0.2) is 12.1 Å². The maximum Gasteiger partial charge on any atom is 0.407 e. The third-order valence-corrected chi connectivity index (χ3v) is 2.71. The molecule has 5 heteroatoms. The number of aryl methyl sites for hydroxylation is 1. The molecule has 0 saturated carbocycles. The molecule has 1 unspecified atom stereocenters. The lowest BCUT2D eigenvalue weighted by Gasteiger charge is -2.17. The van der Waals surface area contributed by atoms with Crippen molar-refractivity contribution in [1.82, 2.24) is 5.32 Å². The zero-order valence-electron chi connectivity index (χ0n) is 10.1. The van der Waals surface area contributed by atoms with Gasteiger partial charge >= 0.3 is 6.09 Å². The number of alkyl carbamates (subject to hydrolysis) is 1. The molecule has 1 atom stereocenters. The van der Waals surface area contributed by atoms with E-state index in [1.54, 1.807) is 14.2 Å². The van der Waals surface area contributed by atoms with Gasteiger partial charge in [0.1, 0.15) is 18.1 Å². The normalized spacial score (nSPS) is 18.5. The average molecular weight is 237 g/mol. The first-order chi connectivity index (χ1) is 8.15. The Bertz CT molecular complexity index is 419. The van der Waals surface area contributed by atoms with Crippen LogP contribution in [0.25, 0.3) is 0 Å². The monoisotopic (exact) mass is 237 g/mol. The lowest BCUT2D eigenvalue weighted by Crippen LogP contribution is -2.19. The van der Waals surface area contributed by atoms with E-state index in [2.05, 4.69) is 5.32 Å². The van der Waals surface area contributed by atoms with E-state index in [1.807, 2.05) is 19.1 Å². The van der Waals surface area contributed by atoms with Gasteiger partial charge in [-0.15, -0.1) is 0 Å². The van der Waals surface area contributed by atoms with Gasteiger partial charge in [-0.25, -0.2) is 4.79 Å². The Morgan fingerprint density at radius 1 is 1.29 bits per heavy atom. The second-order valence-corrected chi connectivity index (χ2v) is 3.88. The zero-order chi connectivity index (χ0) is 12.4. The molecule has 5 nitrogen and oxygen atoms in total. The number of ether oxygens (including phenoxy) is 3. The summed E-state index contributed by atoms with van der Waals surface area (Å²) in [6, 6.07) is 3.58. The fourth-order valence-corrected chi connectivity index (χ4v) is 1.95. The second-order valence-electron chi connectivity index (χ2n) is 3.88. The summed E-state index contributed by atoms with van der Waals surface area (Å²) in [5.41, 5.74) is 1.85. The molecule has 1 aliphatic heterocycles. The highest BCUT2D eigenvalue weighted by Gasteiger charge is 2.29. The highest BCUT2D eigenvalue weighted by atomic mass is 16.6. The van der Waals surface area contributed by atoms with Gasteiger partial charge in [0.2, 0.25) is 0 Å². The van der Waals surface area contributed by atoms with Crippen LogP contribution in [-0.4, -0.2) is 26.9 Å². The van der Waals surface area contributed by atoms with Crippen molar-refractivity contribution in [2.75, 3.05) is 20.8 Å². The topological polar surface area (TPSA) is 56.8 Å². The Kier molecular flexibility index (Phi) is 3.08. The van der Waals surface area contributed by atoms with Gasteiger partial charge in [-0.2, -0.15) is 0 Å². The van der Waals surface area contributed by atoms with Crippen LogP contribution >= 0.6 is 0 Å². The summed E-state index contributed by atoms with van der Waals surface area (Å²) in [5, 5.41) is 2.72. The summed E-state index contributed by atoms with van der Waals surface area (Å²) in [6.07, 6.45) is -0.417. The minimum absolute atomic E-state index is 0.229. The number of benzene rings is 1. The van der Waals surface area contributed by atoms with Gasteiger partial charge in [0.25, 0.3) is 0 Å². The number of nitrogens with one attached hydrogen (secondary N) is 1. The predicted molar refractivity (Wildman–Crippen MR) is 61.5 cm³/mol. The van der Waals surface area contributed by atoms with E-state index in [9.17, 15) is 4.79 Å². The second kappa shape index (κ2) is 4.53. The quantitative estimate of drug-likeness (QED) is 0.870. The molecule has 1 saturated heterocycles. The third kappa shape index (κ3) is 2.13. The lowest BCUT2D eigenvalue weighted by atomic mass is 10.0. The Balaban J connectivity index is 2.46. The Morgan fingerprint density at radius 3 is 2.29 bits per heavy atom. The van der Waals surface area contributed by atoms with Crippen molar-refractivity contribution in [3.8, 4) is 11.5 Å². The van der Waals surface area contributed by atoms with Gasteiger partial charge in [0, 0.05) is 0 Å². The molecule has 1 amide bonds. The average Bonchev–Trinajstić information content (AvgIpc) is 2.74. The molecule has 1 aromatic rings. The van der Waals surface area contributed by atoms with Crippen LogP contribution < -0.4 is 14.8 Å². The van der Waals surface area contributed by atoms with E-state index in [0.29, 0.717) is 11.5 Å². The maximum atomic E-state index is 11.1. The number of carbonyl (C=O) groups is 1. The van der Waals surface area contributed by atoms with Crippen molar-refractivity contribution in [2.24, 2.45) is 0 Å². The van der Waals surface area contributed by atoms with E-state index in [-0.39, 0.29) is 12.6 Å². The van der Waals surface area contributed by atoms with Gasteiger partial charge in [-0.05, 0) is 24.6 Å². The first-order valence-electron chi connectivity index (χ1n) is 5.31. The molecule has 17 heavy (non-hydrogen) atoms. The zero-order valence-corrected chi connectivity index (χ0v) is 10.1. The van der Waals surface area contributed by atoms with E-state index in [0.717, 1.165) is 11.1 Å². The predicted octanol–water partition coefficient (Wildman–Crippen LogP) is 1.79. The Labute approximate surface area is 99.7 Å². The van der Waals surface area contributed by atoms with E-state index in [4.69, 9.17) is 14.2 Å². The van der Waals surface area contributed by atoms with E-state index >= 15 is 0 Å². The molecular formula is C12H15NO4. The van der Waals surface area contributed by atoms with Gasteiger partial charge in [-0.3, -0.25) is 0 Å². The smallest absolute Gasteiger partial charge is 0.407 e. The molecule has 0 aromatic heterocycles. The first kappa shape index (κ1) is 11.6. The maximum absolute atomic E-state index is 11.1. The highest BCUT2D eigenvalue weighted by molar-refractivity contribution is 5.71. The van der Waals surface area contributed by atoms with E-state index < -0.39 is 6.09 Å². The van der Waals surface area contributed by atoms with Gasteiger partial charge in [-0.1, -0.05) is 0 Å². The molecule has 0 bridgehead atoms. The number of carbonyl (C=O) groups excluding carboxylic acids is 1. The molecule has 1 N–H and O–H groups in total. The van der Waals surface area contributed by atoms with Crippen LogP contribution in [0.5, 0.6) is 11.5 Å². The summed E-state index contributed by atoms with van der Waals surface area (Å²) < 4.78 is 15.5. The molecule has 0 spiro atoms. The SMILES string of the molecule is COc1cc(C)cc(OC)c1C1COC(=O)N1. The van der Waals surface area contributed by atoms with Crippen molar-refractivity contribution < 1.29 is 19.0 Å². The fraction of sp³-hybridized carbons (Fsp3) is 0.417. The van der Waals surface area contributed by atoms with Gasteiger partial charge in [0.05, 0.1) is 25.8 Å². The van der Waals surface area contributed by atoms with Crippen LogP contribution in [-0.2, 0) is 4.74 Å². The molecule has 1 heterocycles. The van der Waals surface area contributed by atoms with Crippen LogP contribution in [0, 0.1) is 6.92 Å². The van der Waals surface area contributed by atoms with Crippen molar-refractivity contribution in [3.05, 3.63) is 23.3 Å². The van der Waals surface area contributed by atoms with Crippen molar-refractivity contribution in [3.63, 3.8) is 0 Å². The number of methoxy groups -OCH3 is 2. The number of hydrogen-bond donors (Lipinski definition) is 1. The van der Waals surface area contributed by atoms with Crippen LogP contribution in [0.3, 0.4) is 0 Å². The minimum atomic E-state index is -0.417. The molecule has 1 aromatic carbocycles. The number of rotatable bonds is 3. The van der Waals surface area contributed by atoms with Crippen molar-refractivity contribution >= 4 is 6.09 Å². The Morgan fingerprint density at radius 2 is 1.88 bits per heavy atom. The summed E-state index contributed by atoms with van der Waals surface area (Å²) in [4.78, 5) is 11.1. The standard InChI is InChI=1S/C12H15NO4/c1-7-4-9(15-2)11(10(5-7)16-3)8-6-17-12(14)13-8/h4-5,8H,6H2,1-3H3,(H,13,14). The van der Waals surface area contributed by atoms with Crippen molar-refractivity contribution in [2.45, 2.75) is 13.0 Å². The summed E-state index contributed by atoms with van der Waals surface area (Å²) in [6.45, 7) is 2.24. The minimum Gasteiger partial charge on any atom is -0.496 e. The lowest BCUT2D eigenvalue weighted by molar-refractivity contribution is 0.176. The number of amides is 1. The van der Waals surface area contributed by atoms with E-state index in [1.165, 1.54) is 0 Å². The molecule has 1 fully saturated rings. The third-order valence-electron chi connectivity index (χ3n) is 2.71. The first-order valence-corrected chi connectivity index (χ1v) is 5.31. The summed E-state index contributed by atoms with van der Waals surface area (Å²) in [5.74, 6) is 1.38. The van der Waals surface area contributed by atoms with Crippen molar-refractivity contribution in [1.29, 1.82) is 0 Å². The summed E-state index contributed by atoms with van der Waals surface area (Å²) >= 11 is 0. The fourth-order valence-electron chi connectivity index (χ4n) is 1.95. The molecule has 1 aliphatic rings. The molecule has 0 radical (unpaired) electrons. The largest absolute Gasteiger partial charge is 0.496 e. The summed E-state index contributed by atoms with van der Waals surface area (Å²) in [7, 11) is 3.19. The van der Waals surface area contributed by atoms with Gasteiger partial charge < -0.3 is 19.5 Å². The van der Waals surface area contributed by atoms with Crippen LogP contribution in [0.1, 0.15) is 17.2 Å². The molecule has 2 rings (SSSR count). The molecule has 92 valence electrons. The van der Waals surface area contributed by atoms with Crippen LogP contribution in [0.4, 0.5) is 4.79 Å².